The van der Waals surface area contributed by atoms with Gasteiger partial charge in [-0.1, -0.05) is 11.6 Å². The molecule has 1 amide bonds. The van der Waals surface area contributed by atoms with Crippen molar-refractivity contribution in [3.05, 3.63) is 51.4 Å². The van der Waals surface area contributed by atoms with Crippen molar-refractivity contribution in [1.82, 2.24) is 9.78 Å². The molecule has 8 heteroatoms. The van der Waals surface area contributed by atoms with Gasteiger partial charge in [-0.25, -0.2) is 4.68 Å². The SMILES string of the molecule is COCCn1nc(C(=O)Nc2cc(Cl)ccc2N2CCCCC2)ccc1=O. The molecule has 0 saturated carbocycles. The van der Waals surface area contributed by atoms with E-state index in [4.69, 9.17) is 16.3 Å². The number of anilines is 2. The maximum Gasteiger partial charge on any atom is 0.276 e. The van der Waals surface area contributed by atoms with Crippen molar-refractivity contribution in [2.24, 2.45) is 0 Å². The van der Waals surface area contributed by atoms with Crippen molar-refractivity contribution in [2.45, 2.75) is 25.8 Å². The number of methoxy groups -OCH3 is 1. The normalized spacial score (nSPS) is 14.2. The Balaban J connectivity index is 1.83. The minimum absolute atomic E-state index is 0.162. The Morgan fingerprint density at radius 1 is 1.22 bits per heavy atom. The topological polar surface area (TPSA) is 76.5 Å². The van der Waals surface area contributed by atoms with Crippen molar-refractivity contribution in [1.29, 1.82) is 0 Å². The zero-order chi connectivity index (χ0) is 19.2. The summed E-state index contributed by atoms with van der Waals surface area (Å²) in [4.78, 5) is 26.8. The first-order valence-corrected chi connectivity index (χ1v) is 9.39. The Hall–Kier alpha value is -2.38. The Kier molecular flexibility index (Phi) is 6.47. The second-order valence-electron chi connectivity index (χ2n) is 6.44. The predicted octanol–water partition coefficient (Wildman–Crippen LogP) is 2.79. The first-order chi connectivity index (χ1) is 13.1. The molecule has 27 heavy (non-hydrogen) atoms. The lowest BCUT2D eigenvalue weighted by atomic mass is 10.1. The van der Waals surface area contributed by atoms with Crippen LogP contribution in [0.3, 0.4) is 0 Å². The molecule has 1 aliphatic heterocycles. The van der Waals surface area contributed by atoms with Crippen LogP contribution in [0, 0.1) is 0 Å². The average molecular weight is 391 g/mol. The van der Waals surface area contributed by atoms with E-state index in [0.29, 0.717) is 17.3 Å². The number of piperidine rings is 1. The average Bonchev–Trinajstić information content (AvgIpc) is 2.68. The summed E-state index contributed by atoms with van der Waals surface area (Å²) in [5, 5.41) is 7.58. The van der Waals surface area contributed by atoms with Crippen molar-refractivity contribution >= 4 is 28.9 Å². The Morgan fingerprint density at radius 3 is 2.74 bits per heavy atom. The number of ether oxygens (including phenoxy) is 1. The van der Waals surface area contributed by atoms with Crippen molar-refractivity contribution in [2.75, 3.05) is 37.0 Å². The third-order valence-corrected chi connectivity index (χ3v) is 4.75. The summed E-state index contributed by atoms with van der Waals surface area (Å²) in [6.07, 6.45) is 3.47. The van der Waals surface area contributed by atoms with Gasteiger partial charge in [0.25, 0.3) is 11.5 Å². The van der Waals surface area contributed by atoms with Gasteiger partial charge in [-0.15, -0.1) is 0 Å². The summed E-state index contributed by atoms with van der Waals surface area (Å²) in [6, 6.07) is 8.25. The molecule has 0 unspecified atom stereocenters. The van der Waals surface area contributed by atoms with Gasteiger partial charge in [0.2, 0.25) is 0 Å². The van der Waals surface area contributed by atoms with Crippen LogP contribution in [0.25, 0.3) is 0 Å². The van der Waals surface area contributed by atoms with Gasteiger partial charge in [0.05, 0.1) is 24.5 Å². The summed E-state index contributed by atoms with van der Waals surface area (Å²) in [6.45, 7) is 2.52. The number of amides is 1. The van der Waals surface area contributed by atoms with Gasteiger partial charge in [-0.05, 0) is 43.5 Å². The second kappa shape index (κ2) is 9.01. The molecule has 2 aromatic rings. The maximum atomic E-state index is 12.7. The highest BCUT2D eigenvalue weighted by Crippen LogP contribution is 2.31. The molecule has 0 spiro atoms. The summed E-state index contributed by atoms with van der Waals surface area (Å²) < 4.78 is 6.20. The minimum atomic E-state index is -0.387. The van der Waals surface area contributed by atoms with E-state index in [0.717, 1.165) is 31.6 Å². The molecular weight excluding hydrogens is 368 g/mol. The lowest BCUT2D eigenvalue weighted by Crippen LogP contribution is -2.31. The van der Waals surface area contributed by atoms with E-state index in [2.05, 4.69) is 15.3 Å². The standard InChI is InChI=1S/C19H23ClN4O3/c1-27-12-11-24-18(25)8-6-15(22-24)19(26)21-16-13-14(20)5-7-17(16)23-9-3-2-4-10-23/h5-8,13H,2-4,9-12H2,1H3,(H,21,26). The van der Waals surface area contributed by atoms with Crippen LogP contribution in [-0.2, 0) is 11.3 Å². The highest BCUT2D eigenvalue weighted by molar-refractivity contribution is 6.31. The molecule has 0 atom stereocenters. The summed E-state index contributed by atoms with van der Waals surface area (Å²) in [7, 11) is 1.54. The van der Waals surface area contributed by atoms with Crippen LogP contribution >= 0.6 is 11.6 Å². The van der Waals surface area contributed by atoms with Crippen LogP contribution in [0.15, 0.2) is 35.1 Å². The van der Waals surface area contributed by atoms with Gasteiger partial charge in [0, 0.05) is 31.3 Å². The Morgan fingerprint density at radius 2 is 2.00 bits per heavy atom. The van der Waals surface area contributed by atoms with Crippen LogP contribution in [0.2, 0.25) is 5.02 Å². The molecule has 1 fully saturated rings. The molecule has 1 aromatic carbocycles. The molecule has 2 heterocycles. The van der Waals surface area contributed by atoms with Gasteiger partial charge in [-0.3, -0.25) is 9.59 Å². The number of nitrogens with one attached hydrogen (secondary N) is 1. The molecule has 7 nitrogen and oxygen atoms in total. The molecule has 3 rings (SSSR count). The molecule has 1 aromatic heterocycles. The highest BCUT2D eigenvalue weighted by atomic mass is 35.5. The third kappa shape index (κ3) is 4.87. The number of hydrogen-bond donors (Lipinski definition) is 1. The van der Waals surface area contributed by atoms with Crippen LogP contribution in [0.4, 0.5) is 11.4 Å². The van der Waals surface area contributed by atoms with Crippen LogP contribution in [0.1, 0.15) is 29.8 Å². The van der Waals surface area contributed by atoms with Gasteiger partial charge < -0.3 is 15.0 Å². The van der Waals surface area contributed by atoms with E-state index in [1.54, 1.807) is 13.2 Å². The number of nitrogens with zero attached hydrogens (tertiary/aromatic N) is 3. The van der Waals surface area contributed by atoms with Crippen molar-refractivity contribution < 1.29 is 9.53 Å². The molecule has 0 radical (unpaired) electrons. The van der Waals surface area contributed by atoms with E-state index >= 15 is 0 Å². The quantitative estimate of drug-likeness (QED) is 0.820. The number of aromatic nitrogens is 2. The maximum absolute atomic E-state index is 12.7. The van der Waals surface area contributed by atoms with Crippen LogP contribution in [0.5, 0.6) is 0 Å². The monoisotopic (exact) mass is 390 g/mol. The molecule has 1 N–H and O–H groups in total. The van der Waals surface area contributed by atoms with Crippen LogP contribution < -0.4 is 15.8 Å². The van der Waals surface area contributed by atoms with Gasteiger partial charge >= 0.3 is 0 Å². The number of benzene rings is 1. The largest absolute Gasteiger partial charge is 0.383 e. The zero-order valence-electron chi connectivity index (χ0n) is 15.3. The van der Waals surface area contributed by atoms with E-state index in [9.17, 15) is 9.59 Å². The molecule has 0 aliphatic carbocycles. The number of hydrogen-bond acceptors (Lipinski definition) is 5. The first kappa shape index (κ1) is 19.4. The second-order valence-corrected chi connectivity index (χ2v) is 6.87. The number of carbonyl (C=O) groups excluding carboxylic acids is 1. The fourth-order valence-electron chi connectivity index (χ4n) is 3.11. The van der Waals surface area contributed by atoms with E-state index in [1.165, 1.54) is 23.2 Å². The fraction of sp³-hybridized carbons (Fsp3) is 0.421. The highest BCUT2D eigenvalue weighted by Gasteiger charge is 2.18. The first-order valence-electron chi connectivity index (χ1n) is 9.01. The van der Waals surface area contributed by atoms with Crippen molar-refractivity contribution in [3.63, 3.8) is 0 Å². The van der Waals surface area contributed by atoms with Gasteiger partial charge in [-0.2, -0.15) is 5.10 Å². The summed E-state index contributed by atoms with van der Waals surface area (Å²) in [5.41, 5.74) is 1.47. The molecular formula is C19H23ClN4O3. The van der Waals surface area contributed by atoms with E-state index in [1.807, 2.05) is 12.1 Å². The van der Waals surface area contributed by atoms with Gasteiger partial charge in [0.1, 0.15) is 5.69 Å². The molecule has 1 saturated heterocycles. The lowest BCUT2D eigenvalue weighted by molar-refractivity contribution is 0.101. The predicted molar refractivity (Wildman–Crippen MR) is 106 cm³/mol. The number of halogens is 1. The van der Waals surface area contributed by atoms with Crippen LogP contribution in [-0.4, -0.2) is 42.5 Å². The minimum Gasteiger partial charge on any atom is -0.383 e. The van der Waals surface area contributed by atoms with E-state index in [-0.39, 0.29) is 23.7 Å². The molecule has 144 valence electrons. The molecule has 0 bridgehead atoms. The Labute approximate surface area is 162 Å². The summed E-state index contributed by atoms with van der Waals surface area (Å²) in [5.74, 6) is -0.387. The molecule has 1 aliphatic rings. The smallest absolute Gasteiger partial charge is 0.276 e. The zero-order valence-corrected chi connectivity index (χ0v) is 16.0. The Bertz CT molecular complexity index is 862. The fourth-order valence-corrected chi connectivity index (χ4v) is 3.29. The van der Waals surface area contributed by atoms with E-state index < -0.39 is 0 Å². The third-order valence-electron chi connectivity index (χ3n) is 4.51. The summed E-state index contributed by atoms with van der Waals surface area (Å²) >= 11 is 6.14. The van der Waals surface area contributed by atoms with Crippen molar-refractivity contribution in [3.8, 4) is 0 Å². The number of carbonyl (C=O) groups is 1. The lowest BCUT2D eigenvalue weighted by Gasteiger charge is -2.30. The van der Waals surface area contributed by atoms with Gasteiger partial charge in [0.15, 0.2) is 0 Å². The number of rotatable bonds is 6.